The smallest absolute Gasteiger partial charge is 0.225 e. The standard InChI is InChI=1S/C17H28N4/c1-2-9-18-11-14-12-19-17(20-13-14)21-10-5-7-15-6-3-4-8-16(15)21/h12-13,15-16,18H,2-11H2,1H3. The molecule has 116 valence electrons. The summed E-state index contributed by atoms with van der Waals surface area (Å²) < 4.78 is 0. The number of hydrogen-bond donors (Lipinski definition) is 1. The summed E-state index contributed by atoms with van der Waals surface area (Å²) in [5, 5.41) is 3.40. The summed E-state index contributed by atoms with van der Waals surface area (Å²) in [6.07, 6.45) is 13.4. The van der Waals surface area contributed by atoms with Crippen LogP contribution in [0.2, 0.25) is 0 Å². The number of nitrogens with one attached hydrogen (secondary N) is 1. The lowest BCUT2D eigenvalue weighted by Gasteiger charge is -2.44. The van der Waals surface area contributed by atoms with Crippen molar-refractivity contribution in [3.63, 3.8) is 0 Å². The van der Waals surface area contributed by atoms with E-state index < -0.39 is 0 Å². The molecule has 1 aliphatic heterocycles. The van der Waals surface area contributed by atoms with E-state index in [1.807, 2.05) is 12.4 Å². The highest BCUT2D eigenvalue weighted by atomic mass is 15.3. The Morgan fingerprint density at radius 1 is 1.14 bits per heavy atom. The van der Waals surface area contributed by atoms with Crippen LogP contribution in [0.25, 0.3) is 0 Å². The number of fused-ring (bicyclic) bond motifs is 1. The number of rotatable bonds is 5. The Balaban J connectivity index is 1.65. The second kappa shape index (κ2) is 7.21. The minimum Gasteiger partial charge on any atom is -0.338 e. The lowest BCUT2D eigenvalue weighted by atomic mass is 9.78. The quantitative estimate of drug-likeness (QED) is 0.845. The molecule has 4 nitrogen and oxygen atoms in total. The topological polar surface area (TPSA) is 41.1 Å². The summed E-state index contributed by atoms with van der Waals surface area (Å²) in [4.78, 5) is 11.8. The van der Waals surface area contributed by atoms with Crippen LogP contribution in [0.15, 0.2) is 12.4 Å². The molecule has 2 atom stereocenters. The fourth-order valence-electron chi connectivity index (χ4n) is 3.87. The molecule has 2 aliphatic rings. The zero-order valence-electron chi connectivity index (χ0n) is 13.2. The predicted octanol–water partition coefficient (Wildman–Crippen LogP) is 3.14. The van der Waals surface area contributed by atoms with Crippen LogP contribution in [-0.4, -0.2) is 29.1 Å². The third-order valence-electron chi connectivity index (χ3n) is 4.95. The van der Waals surface area contributed by atoms with Gasteiger partial charge in [-0.15, -0.1) is 0 Å². The first-order chi connectivity index (χ1) is 10.4. The molecule has 0 amide bonds. The van der Waals surface area contributed by atoms with Gasteiger partial charge < -0.3 is 10.2 Å². The largest absolute Gasteiger partial charge is 0.338 e. The highest BCUT2D eigenvalue weighted by Gasteiger charge is 2.34. The molecule has 2 heterocycles. The summed E-state index contributed by atoms with van der Waals surface area (Å²) in [5.41, 5.74) is 1.18. The molecule has 21 heavy (non-hydrogen) atoms. The fraction of sp³-hybridized carbons (Fsp3) is 0.765. The average molecular weight is 288 g/mol. The van der Waals surface area contributed by atoms with Crippen LogP contribution in [0.4, 0.5) is 5.95 Å². The van der Waals surface area contributed by atoms with Gasteiger partial charge in [-0.3, -0.25) is 0 Å². The molecule has 3 rings (SSSR count). The minimum atomic E-state index is 0.691. The zero-order valence-corrected chi connectivity index (χ0v) is 13.2. The van der Waals surface area contributed by atoms with Gasteiger partial charge in [0, 0.05) is 37.1 Å². The van der Waals surface area contributed by atoms with Gasteiger partial charge in [-0.2, -0.15) is 0 Å². The van der Waals surface area contributed by atoms with Gasteiger partial charge in [0.15, 0.2) is 0 Å². The monoisotopic (exact) mass is 288 g/mol. The van der Waals surface area contributed by atoms with E-state index in [0.29, 0.717) is 6.04 Å². The first-order valence-electron chi connectivity index (χ1n) is 8.66. The van der Waals surface area contributed by atoms with Crippen molar-refractivity contribution in [2.45, 2.75) is 64.5 Å². The Morgan fingerprint density at radius 3 is 2.71 bits per heavy atom. The van der Waals surface area contributed by atoms with E-state index in [-0.39, 0.29) is 0 Å². The van der Waals surface area contributed by atoms with Crippen molar-refractivity contribution in [1.29, 1.82) is 0 Å². The van der Waals surface area contributed by atoms with Crippen LogP contribution < -0.4 is 10.2 Å². The van der Waals surface area contributed by atoms with Gasteiger partial charge in [-0.05, 0) is 44.6 Å². The first-order valence-corrected chi connectivity index (χ1v) is 8.66. The van der Waals surface area contributed by atoms with E-state index in [0.717, 1.165) is 37.9 Å². The summed E-state index contributed by atoms with van der Waals surface area (Å²) in [6.45, 7) is 5.25. The van der Waals surface area contributed by atoms with E-state index in [1.165, 1.54) is 44.1 Å². The van der Waals surface area contributed by atoms with Crippen molar-refractivity contribution in [2.75, 3.05) is 18.0 Å². The lowest BCUT2D eigenvalue weighted by molar-refractivity contribution is 0.241. The van der Waals surface area contributed by atoms with Crippen molar-refractivity contribution < 1.29 is 0 Å². The summed E-state index contributed by atoms with van der Waals surface area (Å²) in [5.74, 6) is 1.83. The van der Waals surface area contributed by atoms with Gasteiger partial charge in [-0.25, -0.2) is 9.97 Å². The molecule has 4 heteroatoms. The number of anilines is 1. The highest BCUT2D eigenvalue weighted by molar-refractivity contribution is 5.33. The second-order valence-electron chi connectivity index (χ2n) is 6.52. The maximum absolute atomic E-state index is 4.65. The minimum absolute atomic E-state index is 0.691. The maximum Gasteiger partial charge on any atom is 0.225 e. The third kappa shape index (κ3) is 3.54. The van der Waals surface area contributed by atoms with Crippen LogP contribution in [0.1, 0.15) is 57.4 Å². The Kier molecular flexibility index (Phi) is 5.07. The fourth-order valence-corrected chi connectivity index (χ4v) is 3.87. The lowest BCUT2D eigenvalue weighted by Crippen LogP contribution is -2.47. The molecular weight excluding hydrogens is 260 g/mol. The van der Waals surface area contributed by atoms with E-state index >= 15 is 0 Å². The summed E-state index contributed by atoms with van der Waals surface area (Å²) in [7, 11) is 0. The Labute approximate surface area is 128 Å². The van der Waals surface area contributed by atoms with Gasteiger partial charge in [0.25, 0.3) is 0 Å². The van der Waals surface area contributed by atoms with Gasteiger partial charge in [0.1, 0.15) is 0 Å². The van der Waals surface area contributed by atoms with Gasteiger partial charge in [-0.1, -0.05) is 19.8 Å². The molecule has 1 saturated heterocycles. The van der Waals surface area contributed by atoms with E-state index in [1.54, 1.807) is 0 Å². The third-order valence-corrected chi connectivity index (χ3v) is 4.95. The van der Waals surface area contributed by atoms with Gasteiger partial charge in [0.05, 0.1) is 0 Å². The molecule has 0 aromatic carbocycles. The average Bonchev–Trinajstić information content (AvgIpc) is 2.55. The SMILES string of the molecule is CCCNCc1cnc(N2CCCC3CCCCC32)nc1. The van der Waals surface area contributed by atoms with Crippen molar-refractivity contribution in [2.24, 2.45) is 5.92 Å². The number of piperidine rings is 1. The molecule has 1 aromatic heterocycles. The van der Waals surface area contributed by atoms with Crippen molar-refractivity contribution in [3.8, 4) is 0 Å². The van der Waals surface area contributed by atoms with Crippen LogP contribution >= 0.6 is 0 Å². The predicted molar refractivity (Wildman–Crippen MR) is 86.4 cm³/mol. The maximum atomic E-state index is 4.65. The molecule has 0 bridgehead atoms. The summed E-state index contributed by atoms with van der Waals surface area (Å²) >= 11 is 0. The molecule has 0 spiro atoms. The van der Waals surface area contributed by atoms with Crippen LogP contribution in [0.3, 0.4) is 0 Å². The van der Waals surface area contributed by atoms with E-state index in [9.17, 15) is 0 Å². The highest BCUT2D eigenvalue weighted by Crippen LogP contribution is 2.36. The Hall–Kier alpha value is -1.16. The zero-order chi connectivity index (χ0) is 14.5. The Morgan fingerprint density at radius 2 is 1.90 bits per heavy atom. The van der Waals surface area contributed by atoms with Gasteiger partial charge >= 0.3 is 0 Å². The van der Waals surface area contributed by atoms with Crippen LogP contribution in [0.5, 0.6) is 0 Å². The van der Waals surface area contributed by atoms with E-state index in [2.05, 4.69) is 27.1 Å². The van der Waals surface area contributed by atoms with Crippen molar-refractivity contribution >= 4 is 5.95 Å². The molecule has 1 N–H and O–H groups in total. The second-order valence-corrected chi connectivity index (χ2v) is 6.52. The molecule has 2 fully saturated rings. The number of hydrogen-bond acceptors (Lipinski definition) is 4. The van der Waals surface area contributed by atoms with Crippen molar-refractivity contribution in [3.05, 3.63) is 18.0 Å². The number of aromatic nitrogens is 2. The Bertz CT molecular complexity index is 429. The van der Waals surface area contributed by atoms with Crippen LogP contribution in [0, 0.1) is 5.92 Å². The molecular formula is C17H28N4. The first kappa shape index (κ1) is 14.8. The normalized spacial score (nSPS) is 25.7. The van der Waals surface area contributed by atoms with Crippen LogP contribution in [-0.2, 0) is 6.54 Å². The summed E-state index contributed by atoms with van der Waals surface area (Å²) in [6, 6.07) is 0.691. The molecule has 1 aromatic rings. The molecule has 2 unspecified atom stereocenters. The van der Waals surface area contributed by atoms with E-state index in [4.69, 9.17) is 0 Å². The van der Waals surface area contributed by atoms with Crippen molar-refractivity contribution in [1.82, 2.24) is 15.3 Å². The molecule has 1 saturated carbocycles. The molecule has 0 radical (unpaired) electrons. The number of nitrogens with zero attached hydrogens (tertiary/aromatic N) is 3. The molecule has 1 aliphatic carbocycles. The van der Waals surface area contributed by atoms with Gasteiger partial charge in [0.2, 0.25) is 5.95 Å².